The Labute approximate surface area is 125 Å². The Balaban J connectivity index is 2.94. The zero-order valence-corrected chi connectivity index (χ0v) is 13.6. The molecule has 0 amide bonds. The second kappa shape index (κ2) is 6.34. The molecule has 2 unspecified atom stereocenters. The second-order valence-corrected chi connectivity index (χ2v) is 6.84. The standard InChI is InChI=1S/C15H22Cl2O2/c1-9(15(2,3)4)6-13(18)10-7-12(17)14(19-5)8-11(10)16/h7-9,13,18H,6H2,1-5H3. The molecule has 0 saturated heterocycles. The van der Waals surface area contributed by atoms with Crippen molar-refractivity contribution >= 4 is 23.2 Å². The average Bonchev–Trinajstić information content (AvgIpc) is 2.30. The van der Waals surface area contributed by atoms with Crippen LogP contribution in [0.25, 0.3) is 0 Å². The highest BCUT2D eigenvalue weighted by atomic mass is 35.5. The topological polar surface area (TPSA) is 29.5 Å². The Kier molecular flexibility index (Phi) is 5.54. The van der Waals surface area contributed by atoms with Crippen LogP contribution in [-0.2, 0) is 0 Å². The first kappa shape index (κ1) is 16.6. The van der Waals surface area contributed by atoms with E-state index in [0.717, 1.165) is 0 Å². The van der Waals surface area contributed by atoms with Crippen molar-refractivity contribution in [3.05, 3.63) is 27.7 Å². The Bertz CT molecular complexity index is 439. The van der Waals surface area contributed by atoms with E-state index in [0.29, 0.717) is 33.7 Å². The van der Waals surface area contributed by atoms with Gasteiger partial charge in [0.05, 0.1) is 23.3 Å². The lowest BCUT2D eigenvalue weighted by Crippen LogP contribution is -2.20. The van der Waals surface area contributed by atoms with Gasteiger partial charge >= 0.3 is 0 Å². The summed E-state index contributed by atoms with van der Waals surface area (Å²) >= 11 is 12.3. The zero-order valence-electron chi connectivity index (χ0n) is 12.1. The molecule has 19 heavy (non-hydrogen) atoms. The fourth-order valence-electron chi connectivity index (χ4n) is 1.77. The molecule has 0 bridgehead atoms. The molecule has 1 aromatic rings. The lowest BCUT2D eigenvalue weighted by molar-refractivity contribution is 0.111. The van der Waals surface area contributed by atoms with Crippen molar-refractivity contribution in [3.63, 3.8) is 0 Å². The smallest absolute Gasteiger partial charge is 0.138 e. The van der Waals surface area contributed by atoms with Gasteiger partial charge in [0.2, 0.25) is 0 Å². The van der Waals surface area contributed by atoms with Gasteiger partial charge in [-0.05, 0) is 23.8 Å². The predicted octanol–water partition coefficient (Wildman–Crippen LogP) is 5.11. The molecule has 0 radical (unpaired) electrons. The van der Waals surface area contributed by atoms with Gasteiger partial charge in [0.25, 0.3) is 0 Å². The summed E-state index contributed by atoms with van der Waals surface area (Å²) in [7, 11) is 1.54. The van der Waals surface area contributed by atoms with Crippen molar-refractivity contribution in [3.8, 4) is 5.75 Å². The van der Waals surface area contributed by atoms with Crippen molar-refractivity contribution in [2.24, 2.45) is 11.3 Å². The molecule has 0 heterocycles. The first-order chi connectivity index (χ1) is 8.66. The normalized spacial score (nSPS) is 15.2. The van der Waals surface area contributed by atoms with E-state index in [2.05, 4.69) is 27.7 Å². The molecule has 0 fully saturated rings. The van der Waals surface area contributed by atoms with Crippen LogP contribution in [0, 0.1) is 11.3 Å². The van der Waals surface area contributed by atoms with Crippen LogP contribution >= 0.6 is 23.2 Å². The van der Waals surface area contributed by atoms with Crippen molar-refractivity contribution < 1.29 is 9.84 Å². The molecule has 1 aromatic carbocycles. The molecular weight excluding hydrogens is 283 g/mol. The third kappa shape index (κ3) is 4.27. The molecule has 0 aliphatic carbocycles. The van der Waals surface area contributed by atoms with Crippen LogP contribution in [0.3, 0.4) is 0 Å². The lowest BCUT2D eigenvalue weighted by Gasteiger charge is -2.29. The van der Waals surface area contributed by atoms with Gasteiger partial charge in [-0.25, -0.2) is 0 Å². The Morgan fingerprint density at radius 3 is 2.26 bits per heavy atom. The largest absolute Gasteiger partial charge is 0.495 e. The summed E-state index contributed by atoms with van der Waals surface area (Å²) in [6, 6.07) is 3.33. The Morgan fingerprint density at radius 2 is 1.79 bits per heavy atom. The number of hydrogen-bond donors (Lipinski definition) is 1. The first-order valence-corrected chi connectivity index (χ1v) is 7.13. The monoisotopic (exact) mass is 304 g/mol. The minimum atomic E-state index is -0.620. The molecule has 4 heteroatoms. The molecule has 0 aliphatic rings. The van der Waals surface area contributed by atoms with E-state index in [1.165, 1.54) is 7.11 Å². The van der Waals surface area contributed by atoms with E-state index >= 15 is 0 Å². The maximum absolute atomic E-state index is 10.3. The predicted molar refractivity (Wildman–Crippen MR) is 81.2 cm³/mol. The number of aliphatic hydroxyl groups excluding tert-OH is 1. The summed E-state index contributed by atoms with van der Waals surface area (Å²) in [6.45, 7) is 8.61. The molecule has 1 rings (SSSR count). The fourth-order valence-corrected chi connectivity index (χ4v) is 2.30. The second-order valence-electron chi connectivity index (χ2n) is 6.03. The van der Waals surface area contributed by atoms with Crippen LogP contribution in [0.15, 0.2) is 12.1 Å². The van der Waals surface area contributed by atoms with Crippen LogP contribution in [-0.4, -0.2) is 12.2 Å². The van der Waals surface area contributed by atoms with Crippen LogP contribution in [0.4, 0.5) is 0 Å². The lowest BCUT2D eigenvalue weighted by atomic mass is 9.78. The van der Waals surface area contributed by atoms with E-state index in [1.807, 2.05) is 0 Å². The van der Waals surface area contributed by atoms with Gasteiger partial charge in [-0.15, -0.1) is 0 Å². The Morgan fingerprint density at radius 1 is 1.21 bits per heavy atom. The quantitative estimate of drug-likeness (QED) is 0.837. The first-order valence-electron chi connectivity index (χ1n) is 6.37. The van der Waals surface area contributed by atoms with Gasteiger partial charge in [0.1, 0.15) is 5.75 Å². The van der Waals surface area contributed by atoms with Crippen molar-refractivity contribution in [2.45, 2.75) is 40.2 Å². The summed E-state index contributed by atoms with van der Waals surface area (Å²) in [4.78, 5) is 0. The van der Waals surface area contributed by atoms with Crippen LogP contribution < -0.4 is 4.74 Å². The minimum absolute atomic E-state index is 0.143. The Hall–Kier alpha value is -0.440. The van der Waals surface area contributed by atoms with Crippen LogP contribution in [0.1, 0.15) is 45.8 Å². The molecule has 2 nitrogen and oxygen atoms in total. The summed E-state index contributed by atoms with van der Waals surface area (Å²) in [6.07, 6.45) is 0.0245. The highest BCUT2D eigenvalue weighted by Gasteiger charge is 2.25. The van der Waals surface area contributed by atoms with Gasteiger partial charge in [-0.2, -0.15) is 0 Å². The van der Waals surface area contributed by atoms with Crippen LogP contribution in [0.2, 0.25) is 10.0 Å². The minimum Gasteiger partial charge on any atom is -0.495 e. The van der Waals surface area contributed by atoms with E-state index in [1.54, 1.807) is 12.1 Å². The van der Waals surface area contributed by atoms with E-state index in [9.17, 15) is 5.11 Å². The summed E-state index contributed by atoms with van der Waals surface area (Å²) < 4.78 is 5.10. The number of ether oxygens (including phenoxy) is 1. The van der Waals surface area contributed by atoms with Crippen molar-refractivity contribution in [2.75, 3.05) is 7.11 Å². The summed E-state index contributed by atoms with van der Waals surface area (Å²) in [5.41, 5.74) is 0.799. The van der Waals surface area contributed by atoms with Gasteiger partial charge in [-0.1, -0.05) is 50.9 Å². The number of benzene rings is 1. The van der Waals surface area contributed by atoms with Crippen molar-refractivity contribution in [1.82, 2.24) is 0 Å². The maximum atomic E-state index is 10.3. The number of methoxy groups -OCH3 is 1. The van der Waals surface area contributed by atoms with Gasteiger partial charge in [0, 0.05) is 11.6 Å². The average molecular weight is 305 g/mol. The maximum Gasteiger partial charge on any atom is 0.138 e. The zero-order chi connectivity index (χ0) is 14.8. The molecule has 1 N–H and O–H groups in total. The van der Waals surface area contributed by atoms with E-state index < -0.39 is 6.10 Å². The van der Waals surface area contributed by atoms with Gasteiger partial charge < -0.3 is 9.84 Å². The summed E-state index contributed by atoms with van der Waals surface area (Å²) in [5, 5.41) is 11.3. The number of hydrogen-bond acceptors (Lipinski definition) is 2. The number of rotatable bonds is 4. The number of halogens is 2. The van der Waals surface area contributed by atoms with Crippen LogP contribution in [0.5, 0.6) is 5.75 Å². The van der Waals surface area contributed by atoms with E-state index in [-0.39, 0.29) is 5.41 Å². The number of aliphatic hydroxyl groups is 1. The SMILES string of the molecule is COc1cc(Cl)c(C(O)CC(C)C(C)(C)C)cc1Cl. The highest BCUT2D eigenvalue weighted by Crippen LogP contribution is 2.38. The van der Waals surface area contributed by atoms with Gasteiger partial charge in [-0.3, -0.25) is 0 Å². The molecular formula is C15H22Cl2O2. The third-order valence-corrected chi connectivity index (χ3v) is 4.31. The summed E-state index contributed by atoms with van der Waals surface area (Å²) in [5.74, 6) is 0.880. The molecule has 0 aliphatic heterocycles. The molecule has 2 atom stereocenters. The third-order valence-electron chi connectivity index (χ3n) is 3.69. The fraction of sp³-hybridized carbons (Fsp3) is 0.600. The molecule has 0 spiro atoms. The van der Waals surface area contributed by atoms with E-state index in [4.69, 9.17) is 27.9 Å². The molecule has 0 aromatic heterocycles. The van der Waals surface area contributed by atoms with Crippen molar-refractivity contribution in [1.29, 1.82) is 0 Å². The highest BCUT2D eigenvalue weighted by molar-refractivity contribution is 6.34. The van der Waals surface area contributed by atoms with Gasteiger partial charge in [0.15, 0.2) is 0 Å². The molecule has 0 saturated carbocycles. The molecule has 108 valence electrons.